The summed E-state index contributed by atoms with van der Waals surface area (Å²) in [4.78, 5) is 40.1. The van der Waals surface area contributed by atoms with Crippen LogP contribution in [-0.4, -0.2) is 11.3 Å². The van der Waals surface area contributed by atoms with E-state index in [-0.39, 0.29) is 0 Å². The normalized spacial score (nSPS) is 14.9. The molecule has 0 amide bonds. The molecule has 6 nitrogen and oxygen atoms in total. The molecular weight excluding hydrogens is 306 g/mol. The van der Waals surface area contributed by atoms with Gasteiger partial charge in [0.1, 0.15) is 0 Å². The summed E-state index contributed by atoms with van der Waals surface area (Å²) in [7, 11) is -12.4. The van der Waals surface area contributed by atoms with Crippen LogP contribution in [0, 0.1) is 0 Å². The van der Waals surface area contributed by atoms with Crippen molar-refractivity contribution in [2.24, 2.45) is 0 Å². The Bertz CT molecular complexity index is 338. The van der Waals surface area contributed by atoms with Crippen LogP contribution in [-0.2, 0) is 9.13 Å². The van der Waals surface area contributed by atoms with E-state index in [2.05, 4.69) is 0 Å². The monoisotopic (exact) mass is 314 g/mol. The van der Waals surface area contributed by atoms with Gasteiger partial charge in [-0.3, -0.25) is 0 Å². The van der Waals surface area contributed by atoms with Crippen molar-refractivity contribution in [1.82, 2.24) is 0 Å². The van der Waals surface area contributed by atoms with E-state index in [4.69, 9.17) is 0 Å². The summed E-state index contributed by atoms with van der Waals surface area (Å²) in [5, 5.41) is 0. The van der Waals surface area contributed by atoms with Crippen LogP contribution in [0.3, 0.4) is 0 Å². The van der Waals surface area contributed by atoms with Gasteiger partial charge in [-0.1, -0.05) is 0 Å². The number of alkyl halides is 4. The highest BCUT2D eigenvalue weighted by Gasteiger charge is 2.35. The third-order valence-corrected chi connectivity index (χ3v) is 4.06. The van der Waals surface area contributed by atoms with E-state index in [0.717, 1.165) is 0 Å². The highest BCUT2D eigenvalue weighted by atomic mass is 31.2. The van der Waals surface area contributed by atoms with Crippen molar-refractivity contribution < 1.29 is 46.3 Å². The fourth-order valence-electron chi connectivity index (χ4n) is 0.949. The zero-order valence-electron chi connectivity index (χ0n) is 8.68. The molecule has 0 saturated carbocycles. The largest absolute Gasteiger partial charge is 0.807 e. The summed E-state index contributed by atoms with van der Waals surface area (Å²) < 4.78 is 70.2. The van der Waals surface area contributed by atoms with Crippen molar-refractivity contribution in [1.29, 1.82) is 0 Å². The van der Waals surface area contributed by atoms with Crippen molar-refractivity contribution >= 4 is 15.2 Å². The lowest BCUT2D eigenvalue weighted by Gasteiger charge is -2.38. The van der Waals surface area contributed by atoms with Gasteiger partial charge >= 0.3 is 0 Å². The first-order valence-electron chi connectivity index (χ1n) is 4.51. The molecule has 0 rings (SSSR count). The molecule has 0 spiro atoms. The molecular formula is C6H8F4O6P2-4. The van der Waals surface area contributed by atoms with Gasteiger partial charge in [0.15, 0.2) is 0 Å². The average molecular weight is 314 g/mol. The molecule has 0 aromatic carbocycles. The summed E-state index contributed by atoms with van der Waals surface area (Å²) in [6.07, 6.45) is -4.68. The van der Waals surface area contributed by atoms with Crippen LogP contribution >= 0.6 is 15.2 Å². The molecule has 0 unspecified atom stereocenters. The minimum Gasteiger partial charge on any atom is -0.807 e. The van der Waals surface area contributed by atoms with Crippen LogP contribution in [0.4, 0.5) is 17.6 Å². The zero-order chi connectivity index (χ0) is 14.8. The number of unbranched alkanes of at least 4 members (excludes halogenated alkanes) is 1. The molecule has 0 fully saturated rings. The molecule has 0 bridgehead atoms. The lowest BCUT2D eigenvalue weighted by atomic mass is 10.2. The Morgan fingerprint density at radius 3 is 1.11 bits per heavy atom. The van der Waals surface area contributed by atoms with Crippen LogP contribution in [0.1, 0.15) is 25.7 Å². The van der Waals surface area contributed by atoms with E-state index >= 15 is 0 Å². The molecule has 110 valence electrons. The van der Waals surface area contributed by atoms with Gasteiger partial charge < -0.3 is 28.7 Å². The second kappa shape index (κ2) is 5.56. The van der Waals surface area contributed by atoms with Gasteiger partial charge in [0, 0.05) is 28.0 Å². The molecule has 0 aliphatic carbocycles. The van der Waals surface area contributed by atoms with E-state index < -0.39 is 52.2 Å². The highest BCUT2D eigenvalue weighted by Crippen LogP contribution is 2.51. The van der Waals surface area contributed by atoms with Gasteiger partial charge in [-0.15, -0.1) is 0 Å². The maximum Gasteiger partial charge on any atom is 0.272 e. The topological polar surface area (TPSA) is 126 Å². The van der Waals surface area contributed by atoms with Crippen molar-refractivity contribution in [3.63, 3.8) is 0 Å². The van der Waals surface area contributed by atoms with Crippen LogP contribution in [0.5, 0.6) is 0 Å². The first kappa shape index (κ1) is 18.0. The van der Waals surface area contributed by atoms with Crippen LogP contribution < -0.4 is 19.6 Å². The molecule has 12 heteroatoms. The Morgan fingerprint density at radius 2 is 0.944 bits per heavy atom. The zero-order valence-corrected chi connectivity index (χ0v) is 10.5. The first-order valence-corrected chi connectivity index (χ1v) is 7.59. The Hall–Kier alpha value is 0.0200. The quantitative estimate of drug-likeness (QED) is 0.356. The predicted molar refractivity (Wildman–Crippen MR) is 43.6 cm³/mol. The van der Waals surface area contributed by atoms with Crippen molar-refractivity contribution in [2.75, 3.05) is 0 Å². The van der Waals surface area contributed by atoms with Gasteiger partial charge in [-0.2, -0.15) is 0 Å². The second-order valence-electron chi connectivity index (χ2n) is 3.53. The lowest BCUT2D eigenvalue weighted by molar-refractivity contribution is -0.336. The van der Waals surface area contributed by atoms with E-state index in [1.807, 2.05) is 0 Å². The van der Waals surface area contributed by atoms with Crippen molar-refractivity contribution in [3.05, 3.63) is 0 Å². The molecule has 0 saturated heterocycles. The highest BCUT2D eigenvalue weighted by molar-refractivity contribution is 7.50. The maximum atomic E-state index is 12.5. The van der Waals surface area contributed by atoms with Gasteiger partial charge in [0.05, 0.1) is 0 Å². The summed E-state index contributed by atoms with van der Waals surface area (Å²) in [6, 6.07) is 0. The molecule has 0 heterocycles. The number of rotatable bonds is 7. The molecule has 0 radical (unpaired) electrons. The average Bonchev–Trinajstić information content (AvgIpc) is 2.08. The van der Waals surface area contributed by atoms with E-state index in [0.29, 0.717) is 0 Å². The van der Waals surface area contributed by atoms with Gasteiger partial charge in [-0.25, -0.2) is 17.6 Å². The fraction of sp³-hybridized carbons (Fsp3) is 1.00. The minimum absolute atomic E-state index is 0.836. The van der Waals surface area contributed by atoms with Gasteiger partial charge in [0.2, 0.25) is 0 Å². The number of hydrogen-bond donors (Lipinski definition) is 0. The first-order chi connectivity index (χ1) is 7.71. The van der Waals surface area contributed by atoms with E-state index in [1.165, 1.54) is 0 Å². The second-order valence-corrected chi connectivity index (χ2v) is 6.83. The third kappa shape index (κ3) is 4.95. The van der Waals surface area contributed by atoms with Gasteiger partial charge in [-0.05, 0) is 12.8 Å². The summed E-state index contributed by atoms with van der Waals surface area (Å²) >= 11 is 0. The Labute approximate surface area is 99.3 Å². The number of halogens is 4. The smallest absolute Gasteiger partial charge is 0.272 e. The van der Waals surface area contributed by atoms with Gasteiger partial charge in [0.25, 0.3) is 11.3 Å². The lowest BCUT2D eigenvalue weighted by Crippen LogP contribution is -2.32. The molecule has 0 aromatic heterocycles. The fourth-order valence-corrected chi connectivity index (χ4v) is 1.81. The van der Waals surface area contributed by atoms with Crippen LogP contribution in [0.15, 0.2) is 0 Å². The summed E-state index contributed by atoms with van der Waals surface area (Å²) in [5.41, 5.74) is -9.16. The predicted octanol–water partition coefficient (Wildman–Crippen LogP) is -0.440. The molecule has 0 N–H and O–H groups in total. The van der Waals surface area contributed by atoms with E-state index in [1.54, 1.807) is 0 Å². The van der Waals surface area contributed by atoms with E-state index in [9.17, 15) is 46.3 Å². The molecule has 18 heavy (non-hydrogen) atoms. The summed E-state index contributed by atoms with van der Waals surface area (Å²) in [6.45, 7) is 0. The van der Waals surface area contributed by atoms with Crippen LogP contribution in [0.2, 0.25) is 0 Å². The van der Waals surface area contributed by atoms with Crippen LogP contribution in [0.25, 0.3) is 0 Å². The molecule has 0 aromatic rings. The summed E-state index contributed by atoms with van der Waals surface area (Å²) in [5.74, 6) is 0. The third-order valence-electron chi connectivity index (χ3n) is 2.01. The van der Waals surface area contributed by atoms with Crippen molar-refractivity contribution in [3.8, 4) is 0 Å². The maximum absolute atomic E-state index is 12.5. The Balaban J connectivity index is 4.26. The SMILES string of the molecule is O=P([O-])([O-])C(F)(F)CCCCC(F)(F)P(=O)([O-])[O-]. The molecule has 0 aliphatic rings. The standard InChI is InChI=1S/C6H12F4O6P2/c7-5(8,17(11,12)13)3-1-2-4-6(9,10)18(14,15)16/h1-4H2,(H2,11,12,13)(H2,14,15,16)/p-4. The number of hydrogen-bond acceptors (Lipinski definition) is 6. The Kier molecular flexibility index (Phi) is 5.57. The molecule has 0 atom stereocenters. The molecule has 0 aliphatic heterocycles. The Morgan fingerprint density at radius 1 is 0.722 bits per heavy atom. The van der Waals surface area contributed by atoms with Crippen molar-refractivity contribution in [2.45, 2.75) is 37.0 Å². The minimum atomic E-state index is -6.18.